The highest BCUT2D eigenvalue weighted by atomic mass is 35.5. The molecule has 1 aromatic heterocycles. The lowest BCUT2D eigenvalue weighted by molar-refractivity contribution is 0.0997. The van der Waals surface area contributed by atoms with Gasteiger partial charge in [0.1, 0.15) is 0 Å². The fourth-order valence-corrected chi connectivity index (χ4v) is 4.30. The largest absolute Gasteiger partial charge is 0.293 e. The van der Waals surface area contributed by atoms with Crippen LogP contribution >= 0.6 is 57.7 Å². The highest BCUT2D eigenvalue weighted by Crippen LogP contribution is 2.27. The average Bonchev–Trinajstić information content (AvgIpc) is 3.11. The summed E-state index contributed by atoms with van der Waals surface area (Å²) in [5, 5.41) is 2.27. The number of carbonyl (C=O) groups excluding carboxylic acids is 1. The van der Waals surface area contributed by atoms with Crippen LogP contribution in [0.5, 0.6) is 0 Å². The van der Waals surface area contributed by atoms with Gasteiger partial charge in [0.15, 0.2) is 5.78 Å². The maximum Gasteiger partial charge on any atom is 0.177 e. The number of ketones is 1. The monoisotopic (exact) mass is 466 g/mol. The van der Waals surface area contributed by atoms with E-state index in [1.807, 2.05) is 19.9 Å². The van der Waals surface area contributed by atoms with Crippen molar-refractivity contribution in [3.63, 3.8) is 0 Å². The molecule has 6 heteroatoms. The van der Waals surface area contributed by atoms with Gasteiger partial charge in [0, 0.05) is 32.1 Å². The zero-order valence-corrected chi connectivity index (χ0v) is 18.8. The minimum absolute atomic E-state index is 0.00420. The minimum atomic E-state index is -0.00420. The highest BCUT2D eigenvalue weighted by Gasteiger charge is 2.12. The molecule has 0 fully saturated rings. The first kappa shape index (κ1) is 21.2. The molecule has 2 aromatic carbocycles. The molecule has 1 nitrogen and oxygen atoms in total. The maximum absolute atomic E-state index is 12.6. The molecule has 0 saturated carbocycles. The van der Waals surface area contributed by atoms with Crippen LogP contribution in [0.15, 0.2) is 36.4 Å². The number of halogens is 4. The number of thiophene rings is 1. The predicted molar refractivity (Wildman–Crippen MR) is 121 cm³/mol. The van der Waals surface area contributed by atoms with Gasteiger partial charge in [-0.05, 0) is 66.9 Å². The third-order valence-electron chi connectivity index (χ3n) is 4.20. The maximum atomic E-state index is 12.6. The van der Waals surface area contributed by atoms with Gasteiger partial charge in [-0.2, -0.15) is 0 Å². The van der Waals surface area contributed by atoms with Crippen LogP contribution in [0.1, 0.15) is 36.8 Å². The van der Waals surface area contributed by atoms with Gasteiger partial charge in [-0.15, -0.1) is 11.3 Å². The molecular weight excluding hydrogens is 454 g/mol. The van der Waals surface area contributed by atoms with E-state index < -0.39 is 0 Å². The Labute approximate surface area is 188 Å². The first-order chi connectivity index (χ1) is 13.2. The van der Waals surface area contributed by atoms with Crippen molar-refractivity contribution >= 4 is 63.5 Å². The molecular formula is C22H14Cl4OS. The van der Waals surface area contributed by atoms with Gasteiger partial charge < -0.3 is 0 Å². The topological polar surface area (TPSA) is 17.1 Å². The van der Waals surface area contributed by atoms with E-state index in [9.17, 15) is 4.79 Å². The van der Waals surface area contributed by atoms with Crippen LogP contribution in [0.3, 0.4) is 0 Å². The van der Waals surface area contributed by atoms with Crippen LogP contribution < -0.4 is 0 Å². The Morgan fingerprint density at radius 1 is 0.857 bits per heavy atom. The molecule has 142 valence electrons. The predicted octanol–water partition coefficient (Wildman–Crippen LogP) is 7.80. The molecule has 0 aliphatic carbocycles. The van der Waals surface area contributed by atoms with Crippen LogP contribution in [-0.4, -0.2) is 5.78 Å². The molecule has 0 aliphatic heterocycles. The van der Waals surface area contributed by atoms with Crippen molar-refractivity contribution in [3.8, 4) is 11.8 Å². The number of rotatable bonds is 3. The van der Waals surface area contributed by atoms with Gasteiger partial charge in [-0.25, -0.2) is 0 Å². The Balaban J connectivity index is 1.77. The fraction of sp³-hybridized carbons (Fsp3) is 0.136. The van der Waals surface area contributed by atoms with Gasteiger partial charge >= 0.3 is 0 Å². The molecule has 3 aromatic rings. The fourth-order valence-electron chi connectivity index (χ4n) is 2.48. The minimum Gasteiger partial charge on any atom is -0.293 e. The third-order valence-corrected chi connectivity index (χ3v) is 6.81. The molecule has 0 unspecified atom stereocenters. The van der Waals surface area contributed by atoms with E-state index in [0.29, 0.717) is 25.0 Å². The lowest BCUT2D eigenvalue weighted by Crippen LogP contribution is -2.01. The molecule has 0 aliphatic rings. The molecule has 0 spiro atoms. The molecule has 1 heterocycles. The van der Waals surface area contributed by atoms with Crippen molar-refractivity contribution in [2.75, 3.05) is 0 Å². The lowest BCUT2D eigenvalue weighted by atomic mass is 10.1. The van der Waals surface area contributed by atoms with Crippen LogP contribution in [0.4, 0.5) is 0 Å². The number of Topliss-reactive ketones (excluding diaryl/α,β-unsaturated/α-hetero) is 1. The summed E-state index contributed by atoms with van der Waals surface area (Å²) in [6.45, 7) is 3.70. The summed E-state index contributed by atoms with van der Waals surface area (Å²) >= 11 is 25.9. The highest BCUT2D eigenvalue weighted by molar-refractivity contribution is 7.14. The summed E-state index contributed by atoms with van der Waals surface area (Å²) < 4.78 is 0. The van der Waals surface area contributed by atoms with E-state index in [2.05, 4.69) is 11.8 Å². The van der Waals surface area contributed by atoms with E-state index >= 15 is 0 Å². The second-order valence-corrected chi connectivity index (χ2v) is 8.98. The second-order valence-electron chi connectivity index (χ2n) is 6.26. The zero-order valence-electron chi connectivity index (χ0n) is 15.0. The van der Waals surface area contributed by atoms with E-state index in [1.165, 1.54) is 11.3 Å². The Morgan fingerprint density at radius 2 is 1.39 bits per heavy atom. The van der Waals surface area contributed by atoms with E-state index in [-0.39, 0.29) is 12.2 Å². The van der Waals surface area contributed by atoms with Crippen molar-refractivity contribution in [1.29, 1.82) is 0 Å². The summed E-state index contributed by atoms with van der Waals surface area (Å²) in [6, 6.07) is 10.7. The summed E-state index contributed by atoms with van der Waals surface area (Å²) in [4.78, 5) is 14.0. The first-order valence-electron chi connectivity index (χ1n) is 8.30. The van der Waals surface area contributed by atoms with Crippen molar-refractivity contribution in [2.24, 2.45) is 0 Å². The zero-order chi connectivity index (χ0) is 20.4. The van der Waals surface area contributed by atoms with Gasteiger partial charge in [0.25, 0.3) is 0 Å². The molecule has 0 bridgehead atoms. The summed E-state index contributed by atoms with van der Waals surface area (Å²) in [5.74, 6) is 6.09. The lowest BCUT2D eigenvalue weighted by Gasteiger charge is -2.05. The van der Waals surface area contributed by atoms with Gasteiger partial charge in [-0.3, -0.25) is 4.79 Å². The Bertz CT molecular complexity index is 1090. The number of hydrogen-bond acceptors (Lipinski definition) is 2. The van der Waals surface area contributed by atoms with Gasteiger partial charge in [-0.1, -0.05) is 58.2 Å². The molecule has 0 N–H and O–H groups in total. The van der Waals surface area contributed by atoms with Crippen LogP contribution in [0.2, 0.25) is 20.1 Å². The Morgan fingerprint density at radius 3 is 1.96 bits per heavy atom. The van der Waals surface area contributed by atoms with Crippen LogP contribution in [-0.2, 0) is 6.42 Å². The summed E-state index contributed by atoms with van der Waals surface area (Å²) in [7, 11) is 0. The van der Waals surface area contributed by atoms with Crippen molar-refractivity contribution in [2.45, 2.75) is 20.3 Å². The summed E-state index contributed by atoms with van der Waals surface area (Å²) in [5.41, 5.74) is 3.15. The third kappa shape index (κ3) is 4.92. The smallest absolute Gasteiger partial charge is 0.177 e. The average molecular weight is 468 g/mol. The molecule has 0 amide bonds. The van der Waals surface area contributed by atoms with E-state index in [0.717, 1.165) is 27.1 Å². The Hall–Kier alpha value is -1.47. The number of hydrogen-bond donors (Lipinski definition) is 0. The second kappa shape index (κ2) is 8.91. The van der Waals surface area contributed by atoms with Crippen molar-refractivity contribution in [3.05, 3.63) is 88.5 Å². The van der Waals surface area contributed by atoms with Crippen molar-refractivity contribution < 1.29 is 4.79 Å². The quantitative estimate of drug-likeness (QED) is 0.283. The molecule has 28 heavy (non-hydrogen) atoms. The van der Waals surface area contributed by atoms with Crippen LogP contribution in [0, 0.1) is 25.7 Å². The SMILES string of the molecule is Cc1c(Cl)cc(C#Cc2ccc(C(=O)Cc3cc(Cl)c(C)c(Cl)c3)s2)cc1Cl. The molecule has 0 radical (unpaired) electrons. The molecule has 0 saturated heterocycles. The molecule has 0 atom stereocenters. The van der Waals surface area contributed by atoms with Crippen molar-refractivity contribution in [1.82, 2.24) is 0 Å². The van der Waals surface area contributed by atoms with E-state index in [1.54, 1.807) is 30.3 Å². The number of benzene rings is 2. The van der Waals surface area contributed by atoms with E-state index in [4.69, 9.17) is 46.4 Å². The first-order valence-corrected chi connectivity index (χ1v) is 10.6. The standard InChI is InChI=1S/C22H14Cl4OS/c1-12-17(23)7-14(8-18(12)24)3-4-16-5-6-22(28-16)21(27)11-15-9-19(25)13(2)20(26)10-15/h5-10H,11H2,1-2H3. The van der Waals surface area contributed by atoms with Gasteiger partial charge in [0.2, 0.25) is 0 Å². The number of carbonyl (C=O) groups is 1. The normalized spacial score (nSPS) is 10.5. The summed E-state index contributed by atoms with van der Waals surface area (Å²) in [6.07, 6.45) is 0.232. The Kier molecular flexibility index (Phi) is 6.76. The van der Waals surface area contributed by atoms with Crippen LogP contribution in [0.25, 0.3) is 0 Å². The molecule has 3 rings (SSSR count). The van der Waals surface area contributed by atoms with Gasteiger partial charge in [0.05, 0.1) is 9.75 Å².